The number of para-hydroxylation sites is 1. The molecule has 9 nitrogen and oxygen atoms in total. The fraction of sp³-hybridized carbons (Fsp3) is 0.333. The van der Waals surface area contributed by atoms with Crippen molar-refractivity contribution in [2.45, 2.75) is 65.4 Å². The summed E-state index contributed by atoms with van der Waals surface area (Å²) in [7, 11) is 0. The summed E-state index contributed by atoms with van der Waals surface area (Å²) in [4.78, 5) is 25.1. The summed E-state index contributed by atoms with van der Waals surface area (Å²) < 4.78 is 63.3. The van der Waals surface area contributed by atoms with Crippen LogP contribution in [-0.4, -0.2) is 43.3 Å². The minimum absolute atomic E-state index is 0.138. The summed E-state index contributed by atoms with van der Waals surface area (Å²) >= 11 is 0. The van der Waals surface area contributed by atoms with E-state index in [0.717, 1.165) is 40.5 Å². The summed E-state index contributed by atoms with van der Waals surface area (Å²) in [6.45, 7) is 6.05. The standard InChI is InChI=1S/C33H33F4N7O2/c1-4-19-7-6-8-20(5-2)29(19)44-30(27-23-9-11-39-28(23)21(13-25(27)34)17-46-31(45)18(3)38)24-16-43(12-10-26(24)42-44)32-40-14-22(15-41-32)33(35,36)37/h6-9,11,13-15,18,39H,4-5,10,12,16-17,38H2,1-3H3. The highest BCUT2D eigenvalue weighted by Gasteiger charge is 2.34. The van der Waals surface area contributed by atoms with E-state index in [-0.39, 0.29) is 19.1 Å². The average Bonchev–Trinajstić information content (AvgIpc) is 3.68. The average molecular weight is 636 g/mol. The number of nitrogens with zero attached hydrogens (tertiary/aromatic N) is 5. The third-order valence-electron chi connectivity index (χ3n) is 8.32. The largest absolute Gasteiger partial charge is 0.460 e. The highest BCUT2D eigenvalue weighted by atomic mass is 19.4. The molecule has 6 rings (SSSR count). The van der Waals surface area contributed by atoms with Gasteiger partial charge in [-0.2, -0.15) is 18.3 Å². The molecule has 5 aromatic rings. The van der Waals surface area contributed by atoms with E-state index in [9.17, 15) is 18.0 Å². The molecule has 1 aliphatic rings. The first kappa shape index (κ1) is 31.2. The van der Waals surface area contributed by atoms with Crippen molar-refractivity contribution < 1.29 is 27.1 Å². The molecule has 46 heavy (non-hydrogen) atoms. The number of nitrogens with one attached hydrogen (secondary N) is 1. The van der Waals surface area contributed by atoms with Crippen LogP contribution in [0, 0.1) is 5.82 Å². The number of aryl methyl sites for hydroxylation is 2. The van der Waals surface area contributed by atoms with Crippen LogP contribution in [0.25, 0.3) is 27.8 Å². The van der Waals surface area contributed by atoms with Crippen LogP contribution >= 0.6 is 0 Å². The third kappa shape index (κ3) is 5.59. The fourth-order valence-corrected chi connectivity index (χ4v) is 5.98. The maximum Gasteiger partial charge on any atom is 0.419 e. The maximum absolute atomic E-state index is 16.5. The molecule has 3 N–H and O–H groups in total. The van der Waals surface area contributed by atoms with Crippen LogP contribution in [0.1, 0.15) is 54.3 Å². The lowest BCUT2D eigenvalue weighted by Gasteiger charge is -2.27. The molecule has 240 valence electrons. The van der Waals surface area contributed by atoms with Gasteiger partial charge in [0.05, 0.1) is 28.2 Å². The molecule has 1 atom stereocenters. The number of alkyl halides is 3. The first-order valence-electron chi connectivity index (χ1n) is 15.1. The Morgan fingerprint density at radius 1 is 1.11 bits per heavy atom. The van der Waals surface area contributed by atoms with E-state index in [0.29, 0.717) is 53.5 Å². The third-order valence-corrected chi connectivity index (χ3v) is 8.32. The Bertz CT molecular complexity index is 1890. The minimum Gasteiger partial charge on any atom is -0.460 e. The van der Waals surface area contributed by atoms with Gasteiger partial charge in [0.2, 0.25) is 5.95 Å². The van der Waals surface area contributed by atoms with Gasteiger partial charge in [-0.15, -0.1) is 0 Å². The van der Waals surface area contributed by atoms with Crippen molar-refractivity contribution in [3.05, 3.63) is 88.3 Å². The lowest BCUT2D eigenvalue weighted by Crippen LogP contribution is -2.31. The molecule has 0 bridgehead atoms. The molecule has 0 saturated heterocycles. The number of hydrogen-bond acceptors (Lipinski definition) is 7. The quantitative estimate of drug-likeness (QED) is 0.158. The predicted molar refractivity (Wildman–Crippen MR) is 165 cm³/mol. The Kier molecular flexibility index (Phi) is 8.28. The highest BCUT2D eigenvalue weighted by Crippen LogP contribution is 2.41. The predicted octanol–water partition coefficient (Wildman–Crippen LogP) is 6.05. The van der Waals surface area contributed by atoms with Crippen LogP contribution in [0.3, 0.4) is 0 Å². The van der Waals surface area contributed by atoms with Gasteiger partial charge in [0.15, 0.2) is 0 Å². The van der Waals surface area contributed by atoms with E-state index in [1.807, 2.05) is 36.7 Å². The number of anilines is 1. The second-order valence-electron chi connectivity index (χ2n) is 11.3. The van der Waals surface area contributed by atoms with E-state index in [2.05, 4.69) is 15.0 Å². The number of ether oxygens (including phenoxy) is 1. The fourth-order valence-electron chi connectivity index (χ4n) is 5.98. The molecule has 0 spiro atoms. The monoisotopic (exact) mass is 635 g/mol. The molecule has 4 heterocycles. The van der Waals surface area contributed by atoms with E-state index < -0.39 is 29.6 Å². The van der Waals surface area contributed by atoms with Gasteiger partial charge in [-0.1, -0.05) is 32.0 Å². The van der Waals surface area contributed by atoms with Crippen LogP contribution in [0.5, 0.6) is 0 Å². The molecule has 0 radical (unpaired) electrons. The van der Waals surface area contributed by atoms with Crippen LogP contribution in [0.2, 0.25) is 0 Å². The second-order valence-corrected chi connectivity index (χ2v) is 11.3. The smallest absolute Gasteiger partial charge is 0.419 e. The highest BCUT2D eigenvalue weighted by molar-refractivity contribution is 5.98. The first-order chi connectivity index (χ1) is 22.0. The van der Waals surface area contributed by atoms with Crippen molar-refractivity contribution in [1.29, 1.82) is 0 Å². The van der Waals surface area contributed by atoms with Gasteiger partial charge >= 0.3 is 12.1 Å². The van der Waals surface area contributed by atoms with Gasteiger partial charge in [0.25, 0.3) is 0 Å². The number of aromatic nitrogens is 5. The van der Waals surface area contributed by atoms with Gasteiger partial charge < -0.3 is 20.4 Å². The minimum atomic E-state index is -4.56. The van der Waals surface area contributed by atoms with Crippen molar-refractivity contribution >= 4 is 22.8 Å². The topological polar surface area (TPSA) is 115 Å². The van der Waals surface area contributed by atoms with Gasteiger partial charge in [-0.3, -0.25) is 4.79 Å². The number of carbonyl (C=O) groups excluding carboxylic acids is 1. The van der Waals surface area contributed by atoms with Crippen LogP contribution in [0.4, 0.5) is 23.5 Å². The van der Waals surface area contributed by atoms with Crippen molar-refractivity contribution in [1.82, 2.24) is 24.7 Å². The zero-order valence-corrected chi connectivity index (χ0v) is 25.6. The van der Waals surface area contributed by atoms with E-state index in [1.165, 1.54) is 13.0 Å². The molecule has 13 heteroatoms. The molecule has 0 aliphatic carbocycles. The van der Waals surface area contributed by atoms with Crippen molar-refractivity contribution in [2.75, 3.05) is 11.4 Å². The molecule has 3 aromatic heterocycles. The molecule has 0 saturated carbocycles. The number of benzene rings is 2. The number of halogens is 4. The zero-order chi connectivity index (χ0) is 32.7. The summed E-state index contributed by atoms with van der Waals surface area (Å²) in [5, 5.41) is 5.62. The summed E-state index contributed by atoms with van der Waals surface area (Å²) in [5.74, 6) is -1.01. The Balaban J connectivity index is 1.54. The van der Waals surface area contributed by atoms with Crippen LogP contribution in [0.15, 0.2) is 48.9 Å². The molecule has 0 fully saturated rings. The Hall–Kier alpha value is -4.78. The molecule has 1 unspecified atom stereocenters. The number of rotatable bonds is 8. The Morgan fingerprint density at radius 3 is 2.43 bits per heavy atom. The summed E-state index contributed by atoms with van der Waals surface area (Å²) in [6, 6.07) is 8.33. The van der Waals surface area contributed by atoms with E-state index in [1.54, 1.807) is 17.2 Å². The molecular weight excluding hydrogens is 602 g/mol. The lowest BCUT2D eigenvalue weighted by atomic mass is 9.95. The molecule has 2 aromatic carbocycles. The van der Waals surface area contributed by atoms with Crippen LogP contribution in [-0.2, 0) is 48.1 Å². The van der Waals surface area contributed by atoms with Crippen molar-refractivity contribution in [3.63, 3.8) is 0 Å². The van der Waals surface area contributed by atoms with Gasteiger partial charge in [0.1, 0.15) is 18.5 Å². The van der Waals surface area contributed by atoms with Crippen LogP contribution < -0.4 is 10.6 Å². The van der Waals surface area contributed by atoms with Gasteiger partial charge in [0, 0.05) is 60.2 Å². The maximum atomic E-state index is 16.5. The first-order valence-corrected chi connectivity index (χ1v) is 15.1. The van der Waals surface area contributed by atoms with Crippen molar-refractivity contribution in [3.8, 4) is 16.9 Å². The SMILES string of the molecule is CCc1cccc(CC)c1-n1nc2c(c1-c1c(F)cc(COC(=O)C(C)N)c3[nH]ccc13)CN(c1ncc(C(F)(F)F)cn1)CC2. The Morgan fingerprint density at radius 2 is 1.80 bits per heavy atom. The number of carbonyl (C=O) groups is 1. The lowest BCUT2D eigenvalue weighted by molar-refractivity contribution is -0.146. The van der Waals surface area contributed by atoms with Gasteiger partial charge in [-0.25, -0.2) is 19.0 Å². The zero-order valence-electron chi connectivity index (χ0n) is 25.6. The number of aromatic amines is 1. The number of H-pyrrole nitrogens is 1. The normalized spacial score (nSPS) is 14.0. The molecule has 0 amide bonds. The number of hydrogen-bond donors (Lipinski definition) is 2. The summed E-state index contributed by atoms with van der Waals surface area (Å²) in [6.07, 6.45) is 0.545. The second kappa shape index (κ2) is 12.2. The summed E-state index contributed by atoms with van der Waals surface area (Å²) in [5.41, 5.74) is 11.0. The number of nitrogens with two attached hydrogens (primary N) is 1. The van der Waals surface area contributed by atoms with Gasteiger partial charge in [-0.05, 0) is 43.0 Å². The van der Waals surface area contributed by atoms with E-state index >= 15 is 4.39 Å². The molecular formula is C33H33F4N7O2. The molecule has 1 aliphatic heterocycles. The number of fused-ring (bicyclic) bond motifs is 2. The van der Waals surface area contributed by atoms with E-state index in [4.69, 9.17) is 15.6 Å². The Labute approximate surface area is 262 Å². The number of esters is 1. The van der Waals surface area contributed by atoms with Crippen molar-refractivity contribution in [2.24, 2.45) is 5.73 Å².